The normalized spacial score (nSPS) is 46.8. The Morgan fingerprint density at radius 1 is 1.00 bits per heavy atom. The Balaban J connectivity index is 1.53. The van der Waals surface area contributed by atoms with Gasteiger partial charge in [0, 0.05) is 19.1 Å². The maximum Gasteiger partial charge on any atom is 0.0577 e. The van der Waals surface area contributed by atoms with Gasteiger partial charge in [-0.05, 0) is 101 Å². The van der Waals surface area contributed by atoms with Gasteiger partial charge in [-0.2, -0.15) is 0 Å². The minimum atomic E-state index is -0.0871. The second-order valence-electron chi connectivity index (χ2n) is 11.1. The van der Waals surface area contributed by atoms with Crippen LogP contribution >= 0.6 is 0 Å². The maximum atomic E-state index is 10.2. The van der Waals surface area contributed by atoms with Crippen molar-refractivity contribution in [2.75, 3.05) is 34.2 Å². The van der Waals surface area contributed by atoms with Crippen LogP contribution < -0.4 is 0 Å². The van der Waals surface area contributed by atoms with Gasteiger partial charge in [0.05, 0.1) is 6.10 Å². The first-order valence-corrected chi connectivity index (χ1v) is 11.5. The Labute approximate surface area is 167 Å². The van der Waals surface area contributed by atoms with Crippen molar-refractivity contribution >= 4 is 0 Å². The lowest BCUT2D eigenvalue weighted by Gasteiger charge is -2.58. The van der Waals surface area contributed by atoms with Crippen molar-refractivity contribution in [3.05, 3.63) is 11.6 Å². The predicted octanol–water partition coefficient (Wildman–Crippen LogP) is 4.17. The van der Waals surface area contributed by atoms with Gasteiger partial charge in [0.15, 0.2) is 0 Å². The van der Waals surface area contributed by atoms with E-state index in [-0.39, 0.29) is 6.10 Å². The fourth-order valence-electron chi connectivity index (χ4n) is 7.85. The highest BCUT2D eigenvalue weighted by atomic mass is 16.3. The highest BCUT2D eigenvalue weighted by Crippen LogP contribution is 2.65. The number of hydrogen-bond donors (Lipinski definition) is 1. The lowest BCUT2D eigenvalue weighted by molar-refractivity contribution is -0.0566. The number of allylic oxidation sites excluding steroid dienone is 1. The van der Waals surface area contributed by atoms with Crippen molar-refractivity contribution < 1.29 is 5.11 Å². The zero-order valence-corrected chi connectivity index (χ0v) is 18.4. The summed E-state index contributed by atoms with van der Waals surface area (Å²) in [5, 5.41) is 10.2. The van der Waals surface area contributed by atoms with Crippen LogP contribution in [0.1, 0.15) is 65.2 Å². The van der Waals surface area contributed by atoms with Gasteiger partial charge in [-0.1, -0.05) is 25.5 Å². The SMILES string of the molecule is CN(C)CCN(C)[C@H]1CC[C@H]2[C@@H]3CC=C4C[C@@H](O)CC[C@]4(C)[C@H]3CC[C@]12C. The molecule has 0 aliphatic heterocycles. The van der Waals surface area contributed by atoms with E-state index in [0.717, 1.165) is 43.2 Å². The summed E-state index contributed by atoms with van der Waals surface area (Å²) in [4.78, 5) is 5.00. The van der Waals surface area contributed by atoms with Gasteiger partial charge in [0.2, 0.25) is 0 Å². The summed E-state index contributed by atoms with van der Waals surface area (Å²) in [5.41, 5.74) is 2.47. The van der Waals surface area contributed by atoms with E-state index in [4.69, 9.17) is 0 Å². The van der Waals surface area contributed by atoms with Crippen molar-refractivity contribution in [3.8, 4) is 0 Å². The van der Waals surface area contributed by atoms with E-state index in [1.807, 2.05) is 0 Å². The quantitative estimate of drug-likeness (QED) is 0.748. The van der Waals surface area contributed by atoms with Crippen molar-refractivity contribution in [1.82, 2.24) is 9.80 Å². The molecule has 0 radical (unpaired) electrons. The van der Waals surface area contributed by atoms with Crippen LogP contribution in [0, 0.1) is 28.6 Å². The van der Waals surface area contributed by atoms with Gasteiger partial charge >= 0.3 is 0 Å². The molecular weight excluding hydrogens is 332 g/mol. The lowest BCUT2D eigenvalue weighted by atomic mass is 9.48. The van der Waals surface area contributed by atoms with Crippen molar-refractivity contribution in [2.24, 2.45) is 28.6 Å². The summed E-state index contributed by atoms with van der Waals surface area (Å²) in [6, 6.07) is 0.759. The molecule has 0 saturated heterocycles. The topological polar surface area (TPSA) is 26.7 Å². The van der Waals surface area contributed by atoms with Gasteiger partial charge < -0.3 is 14.9 Å². The van der Waals surface area contributed by atoms with Gasteiger partial charge in [-0.25, -0.2) is 0 Å². The molecule has 0 aromatic heterocycles. The fraction of sp³-hybridized carbons (Fsp3) is 0.917. The summed E-state index contributed by atoms with van der Waals surface area (Å²) in [7, 11) is 6.74. The highest BCUT2D eigenvalue weighted by molar-refractivity contribution is 5.25. The van der Waals surface area contributed by atoms with E-state index in [9.17, 15) is 5.11 Å². The highest BCUT2D eigenvalue weighted by Gasteiger charge is 2.59. The second kappa shape index (κ2) is 7.15. The molecule has 1 N–H and O–H groups in total. The maximum absolute atomic E-state index is 10.2. The predicted molar refractivity (Wildman–Crippen MR) is 113 cm³/mol. The molecule has 154 valence electrons. The van der Waals surface area contributed by atoms with Gasteiger partial charge in [0.25, 0.3) is 0 Å². The third kappa shape index (κ3) is 3.22. The smallest absolute Gasteiger partial charge is 0.0577 e. The molecular formula is C24H42N2O. The third-order valence-electron chi connectivity index (χ3n) is 9.46. The largest absolute Gasteiger partial charge is 0.393 e. The molecule has 3 saturated carbocycles. The molecule has 0 heterocycles. The molecule has 0 unspecified atom stereocenters. The molecule has 3 fully saturated rings. The minimum absolute atomic E-state index is 0.0871. The molecule has 4 aliphatic rings. The van der Waals surface area contributed by atoms with E-state index in [0.29, 0.717) is 10.8 Å². The first-order chi connectivity index (χ1) is 12.8. The lowest BCUT2D eigenvalue weighted by Crippen LogP contribution is -2.53. The van der Waals surface area contributed by atoms with E-state index in [1.54, 1.807) is 5.57 Å². The van der Waals surface area contributed by atoms with Crippen LogP contribution in [0.2, 0.25) is 0 Å². The Kier molecular flexibility index (Phi) is 5.27. The van der Waals surface area contributed by atoms with Gasteiger partial charge in [-0.15, -0.1) is 0 Å². The Hall–Kier alpha value is -0.380. The van der Waals surface area contributed by atoms with Gasteiger partial charge in [-0.3, -0.25) is 0 Å². The first-order valence-electron chi connectivity index (χ1n) is 11.5. The number of aliphatic hydroxyl groups excluding tert-OH is 1. The molecule has 4 rings (SSSR count). The molecule has 0 spiro atoms. The second-order valence-corrected chi connectivity index (χ2v) is 11.1. The molecule has 0 amide bonds. The molecule has 0 bridgehead atoms. The molecule has 4 aliphatic carbocycles. The van der Waals surface area contributed by atoms with Crippen LogP contribution in [0.15, 0.2) is 11.6 Å². The summed E-state index contributed by atoms with van der Waals surface area (Å²) < 4.78 is 0. The van der Waals surface area contributed by atoms with E-state index in [1.165, 1.54) is 45.1 Å². The number of nitrogens with zero attached hydrogens (tertiary/aromatic N) is 2. The van der Waals surface area contributed by atoms with Crippen molar-refractivity contribution in [1.29, 1.82) is 0 Å². The number of fused-ring (bicyclic) bond motifs is 5. The summed E-state index contributed by atoms with van der Waals surface area (Å²) in [6.07, 6.45) is 12.5. The van der Waals surface area contributed by atoms with Crippen molar-refractivity contribution in [3.63, 3.8) is 0 Å². The van der Waals surface area contributed by atoms with Gasteiger partial charge in [0.1, 0.15) is 0 Å². The van der Waals surface area contributed by atoms with Crippen LogP contribution in [-0.4, -0.2) is 61.3 Å². The number of rotatable bonds is 4. The first kappa shape index (κ1) is 19.9. The van der Waals surface area contributed by atoms with Crippen LogP contribution in [0.5, 0.6) is 0 Å². The molecule has 3 nitrogen and oxygen atoms in total. The van der Waals surface area contributed by atoms with Crippen LogP contribution in [0.4, 0.5) is 0 Å². The molecule has 0 aromatic carbocycles. The molecule has 27 heavy (non-hydrogen) atoms. The average Bonchev–Trinajstić information content (AvgIpc) is 2.97. The summed E-state index contributed by atoms with van der Waals surface area (Å²) in [6.45, 7) is 7.52. The third-order valence-corrected chi connectivity index (χ3v) is 9.46. The summed E-state index contributed by atoms with van der Waals surface area (Å²) >= 11 is 0. The van der Waals surface area contributed by atoms with Crippen LogP contribution in [0.3, 0.4) is 0 Å². The number of hydrogen-bond acceptors (Lipinski definition) is 3. The Morgan fingerprint density at radius 3 is 2.52 bits per heavy atom. The zero-order chi connectivity index (χ0) is 19.4. The van der Waals surface area contributed by atoms with Crippen LogP contribution in [0.25, 0.3) is 0 Å². The van der Waals surface area contributed by atoms with E-state index in [2.05, 4.69) is 50.9 Å². The van der Waals surface area contributed by atoms with Crippen molar-refractivity contribution in [2.45, 2.75) is 77.4 Å². The van der Waals surface area contributed by atoms with Crippen LogP contribution in [-0.2, 0) is 0 Å². The number of aliphatic hydroxyl groups is 1. The Morgan fingerprint density at radius 2 is 1.78 bits per heavy atom. The fourth-order valence-corrected chi connectivity index (χ4v) is 7.85. The zero-order valence-electron chi connectivity index (χ0n) is 18.4. The number of likely N-dealkylation sites (N-methyl/N-ethyl adjacent to an activating group) is 2. The monoisotopic (exact) mass is 374 g/mol. The van der Waals surface area contributed by atoms with E-state index < -0.39 is 0 Å². The minimum Gasteiger partial charge on any atom is -0.393 e. The van der Waals surface area contributed by atoms with E-state index >= 15 is 0 Å². The molecule has 7 atom stereocenters. The average molecular weight is 375 g/mol. The standard InChI is InChI=1S/C24H42N2O/c1-23-12-10-18(27)16-17(23)6-7-19-20-8-9-22(26(5)15-14-25(3)4)24(20,2)13-11-21(19)23/h6,18-22,27H,7-16H2,1-5H3/t18-,19-,20-,21-,22-,23-,24-/m0/s1. The summed E-state index contributed by atoms with van der Waals surface area (Å²) in [5.74, 6) is 2.62. The molecule has 3 heteroatoms. The Bertz CT molecular complexity index is 587. The molecule has 0 aromatic rings.